The molecule has 0 aromatic heterocycles. The summed E-state index contributed by atoms with van der Waals surface area (Å²) < 4.78 is 33.2. The van der Waals surface area contributed by atoms with E-state index < -0.39 is 10.0 Å². The summed E-state index contributed by atoms with van der Waals surface area (Å²) in [6.07, 6.45) is 0. The zero-order valence-corrected chi connectivity index (χ0v) is 20.4. The molecule has 0 saturated heterocycles. The molecule has 0 aliphatic rings. The number of rotatable bonds is 8. The summed E-state index contributed by atoms with van der Waals surface area (Å²) in [4.78, 5) is 13.1. The molecule has 0 fully saturated rings. The highest BCUT2D eigenvalue weighted by molar-refractivity contribution is 7.92. The van der Waals surface area contributed by atoms with Crippen molar-refractivity contribution >= 4 is 21.6 Å². The fourth-order valence-corrected chi connectivity index (χ4v) is 5.15. The van der Waals surface area contributed by atoms with E-state index in [4.69, 9.17) is 4.74 Å². The molecule has 1 N–H and O–H groups in total. The van der Waals surface area contributed by atoms with Gasteiger partial charge in [0, 0.05) is 0 Å². The Bertz CT molecular complexity index is 1220. The Balaban J connectivity index is 1.88. The number of hydrogen-bond donors (Lipinski definition) is 1. The van der Waals surface area contributed by atoms with Gasteiger partial charge in [0.15, 0.2) is 0 Å². The van der Waals surface area contributed by atoms with Gasteiger partial charge in [-0.15, -0.1) is 0 Å². The summed E-state index contributed by atoms with van der Waals surface area (Å²) in [6.45, 7) is 7.66. The molecule has 3 aromatic carbocycles. The molecule has 1 amide bonds. The zero-order valence-electron chi connectivity index (χ0n) is 19.6. The molecular formula is C26H30N2O4S. The Morgan fingerprint density at radius 1 is 0.939 bits per heavy atom. The topological polar surface area (TPSA) is 75.7 Å². The molecule has 0 saturated carbocycles. The van der Waals surface area contributed by atoms with Gasteiger partial charge in [-0.3, -0.25) is 9.10 Å². The van der Waals surface area contributed by atoms with Crippen LogP contribution in [0.4, 0.5) is 5.69 Å². The second-order valence-electron chi connectivity index (χ2n) is 8.11. The van der Waals surface area contributed by atoms with Gasteiger partial charge in [0.1, 0.15) is 12.3 Å². The summed E-state index contributed by atoms with van der Waals surface area (Å²) in [5.74, 6) is 0.164. The lowest BCUT2D eigenvalue weighted by atomic mass is 9.96. The largest absolute Gasteiger partial charge is 0.497 e. The number of para-hydroxylation sites is 1. The summed E-state index contributed by atoms with van der Waals surface area (Å²) >= 11 is 0. The lowest BCUT2D eigenvalue weighted by Gasteiger charge is -2.25. The number of amides is 1. The first-order valence-electron chi connectivity index (χ1n) is 10.7. The number of sulfonamides is 1. The highest BCUT2D eigenvalue weighted by Crippen LogP contribution is 2.26. The number of nitrogens with one attached hydrogen (secondary N) is 1. The van der Waals surface area contributed by atoms with Gasteiger partial charge < -0.3 is 10.1 Å². The van der Waals surface area contributed by atoms with Crippen LogP contribution in [-0.4, -0.2) is 28.0 Å². The maximum absolute atomic E-state index is 13.5. The first kappa shape index (κ1) is 24.3. The van der Waals surface area contributed by atoms with Gasteiger partial charge in [-0.05, 0) is 86.3 Å². The third kappa shape index (κ3) is 5.54. The predicted octanol–water partition coefficient (Wildman–Crippen LogP) is 4.69. The van der Waals surface area contributed by atoms with Crippen molar-refractivity contribution in [3.63, 3.8) is 0 Å². The average molecular weight is 467 g/mol. The normalized spacial score (nSPS) is 12.2. The van der Waals surface area contributed by atoms with Gasteiger partial charge in [-0.2, -0.15) is 0 Å². The van der Waals surface area contributed by atoms with E-state index >= 15 is 0 Å². The van der Waals surface area contributed by atoms with Crippen LogP contribution in [-0.2, 0) is 14.8 Å². The van der Waals surface area contributed by atoms with Crippen LogP contribution in [0.1, 0.15) is 35.2 Å². The number of carbonyl (C=O) groups excluding carboxylic acids is 1. The van der Waals surface area contributed by atoms with E-state index in [1.54, 1.807) is 42.5 Å². The van der Waals surface area contributed by atoms with Crippen molar-refractivity contribution in [1.29, 1.82) is 0 Å². The van der Waals surface area contributed by atoms with E-state index in [1.807, 2.05) is 20.8 Å². The molecule has 6 nitrogen and oxygen atoms in total. The Labute approximate surface area is 196 Å². The Hall–Kier alpha value is -3.32. The summed E-state index contributed by atoms with van der Waals surface area (Å²) in [6, 6.07) is 18.6. The SMILES string of the molecule is COc1ccc(S(=O)(=O)N(CC(=O)N[C@H](C)c2cc(C)c(C)cc2C)c2ccccc2)cc1. The molecule has 1 atom stereocenters. The first-order valence-corrected chi connectivity index (χ1v) is 12.2. The number of benzene rings is 3. The second kappa shape index (κ2) is 10.1. The van der Waals surface area contributed by atoms with Gasteiger partial charge >= 0.3 is 0 Å². The molecule has 0 heterocycles. The standard InChI is InChI=1S/C26H30N2O4S/c1-18-15-20(3)25(16-19(18)2)21(4)27-26(29)17-28(22-9-7-6-8-10-22)33(30,31)24-13-11-23(32-5)12-14-24/h6-16,21H,17H2,1-5H3,(H,27,29)/t21-/m1/s1. The maximum Gasteiger partial charge on any atom is 0.264 e. The number of ether oxygens (including phenoxy) is 1. The van der Waals surface area contributed by atoms with Crippen LogP contribution in [0.2, 0.25) is 0 Å². The van der Waals surface area contributed by atoms with Gasteiger partial charge in [0.05, 0.1) is 23.7 Å². The minimum atomic E-state index is -3.98. The van der Waals surface area contributed by atoms with Crippen LogP contribution in [0.15, 0.2) is 71.6 Å². The van der Waals surface area contributed by atoms with E-state index in [-0.39, 0.29) is 23.4 Å². The van der Waals surface area contributed by atoms with E-state index in [0.717, 1.165) is 21.0 Å². The third-order valence-electron chi connectivity index (χ3n) is 5.71. The van der Waals surface area contributed by atoms with E-state index in [0.29, 0.717) is 11.4 Å². The Kier molecular flexibility index (Phi) is 7.43. The number of anilines is 1. The Morgan fingerprint density at radius 3 is 2.15 bits per heavy atom. The summed E-state index contributed by atoms with van der Waals surface area (Å²) in [7, 11) is -2.46. The second-order valence-corrected chi connectivity index (χ2v) is 9.97. The zero-order chi connectivity index (χ0) is 24.2. The number of nitrogens with zero attached hydrogens (tertiary/aromatic N) is 1. The average Bonchev–Trinajstić information content (AvgIpc) is 2.80. The fourth-order valence-electron chi connectivity index (χ4n) is 3.73. The van der Waals surface area contributed by atoms with E-state index in [2.05, 4.69) is 24.4 Å². The molecule has 0 bridgehead atoms. The van der Waals surface area contributed by atoms with Crippen molar-refractivity contribution in [2.24, 2.45) is 0 Å². The predicted molar refractivity (Wildman–Crippen MR) is 131 cm³/mol. The lowest BCUT2D eigenvalue weighted by molar-refractivity contribution is -0.120. The molecule has 0 radical (unpaired) electrons. The van der Waals surface area contributed by atoms with Gasteiger partial charge in [-0.25, -0.2) is 8.42 Å². The fraction of sp³-hybridized carbons (Fsp3) is 0.269. The van der Waals surface area contributed by atoms with Crippen LogP contribution < -0.4 is 14.4 Å². The number of aryl methyl sites for hydroxylation is 3. The molecule has 174 valence electrons. The minimum absolute atomic E-state index is 0.0815. The maximum atomic E-state index is 13.5. The van der Waals surface area contributed by atoms with Gasteiger partial charge in [0.2, 0.25) is 5.91 Å². The van der Waals surface area contributed by atoms with E-state index in [9.17, 15) is 13.2 Å². The highest BCUT2D eigenvalue weighted by Gasteiger charge is 2.28. The summed E-state index contributed by atoms with van der Waals surface area (Å²) in [5, 5.41) is 2.96. The summed E-state index contributed by atoms with van der Waals surface area (Å²) in [5.41, 5.74) is 4.84. The van der Waals surface area contributed by atoms with Crippen molar-refractivity contribution in [2.45, 2.75) is 38.6 Å². The quantitative estimate of drug-likeness (QED) is 0.522. The first-order chi connectivity index (χ1) is 15.6. The smallest absolute Gasteiger partial charge is 0.264 e. The van der Waals surface area contributed by atoms with Gasteiger partial charge in [-0.1, -0.05) is 30.3 Å². The molecule has 0 spiro atoms. The van der Waals surface area contributed by atoms with Crippen molar-refractivity contribution in [2.75, 3.05) is 18.0 Å². The molecular weight excluding hydrogens is 436 g/mol. The molecule has 3 aromatic rings. The van der Waals surface area contributed by atoms with Gasteiger partial charge in [0.25, 0.3) is 10.0 Å². The van der Waals surface area contributed by atoms with Crippen LogP contribution in [0, 0.1) is 20.8 Å². The number of carbonyl (C=O) groups is 1. The van der Waals surface area contributed by atoms with Crippen LogP contribution >= 0.6 is 0 Å². The van der Waals surface area contributed by atoms with Crippen LogP contribution in [0.5, 0.6) is 5.75 Å². The van der Waals surface area contributed by atoms with Crippen LogP contribution in [0.25, 0.3) is 0 Å². The monoisotopic (exact) mass is 466 g/mol. The van der Waals surface area contributed by atoms with Crippen molar-refractivity contribution in [1.82, 2.24) is 5.32 Å². The number of methoxy groups -OCH3 is 1. The van der Waals surface area contributed by atoms with Crippen molar-refractivity contribution in [3.05, 3.63) is 89.0 Å². The van der Waals surface area contributed by atoms with Crippen molar-refractivity contribution < 1.29 is 17.9 Å². The number of hydrogen-bond acceptors (Lipinski definition) is 4. The molecule has 0 unspecified atom stereocenters. The third-order valence-corrected chi connectivity index (χ3v) is 7.49. The molecule has 7 heteroatoms. The minimum Gasteiger partial charge on any atom is -0.497 e. The molecule has 0 aliphatic carbocycles. The lowest BCUT2D eigenvalue weighted by Crippen LogP contribution is -2.41. The van der Waals surface area contributed by atoms with Crippen molar-refractivity contribution in [3.8, 4) is 5.75 Å². The Morgan fingerprint density at radius 2 is 1.55 bits per heavy atom. The highest BCUT2D eigenvalue weighted by atomic mass is 32.2. The molecule has 33 heavy (non-hydrogen) atoms. The molecule has 0 aliphatic heterocycles. The molecule has 3 rings (SSSR count). The van der Waals surface area contributed by atoms with Crippen LogP contribution in [0.3, 0.4) is 0 Å². The van der Waals surface area contributed by atoms with E-state index in [1.165, 1.54) is 24.8 Å².